The number of rotatable bonds is 13. The average molecular weight is 334 g/mol. The van der Waals surface area contributed by atoms with Gasteiger partial charge in [0.25, 0.3) is 0 Å². The molecule has 0 saturated carbocycles. The summed E-state index contributed by atoms with van der Waals surface area (Å²) in [5.74, 6) is 0.366. The zero-order valence-corrected chi connectivity index (χ0v) is 15.0. The molecule has 0 N–H and O–H groups in total. The predicted molar refractivity (Wildman–Crippen MR) is 95.7 cm³/mol. The molecule has 0 radical (unpaired) electrons. The SMILES string of the molecule is C=CC1c2ccccc2C1(CCOCCOC)CCOCCOC. The van der Waals surface area contributed by atoms with E-state index in [1.807, 2.05) is 0 Å². The van der Waals surface area contributed by atoms with Gasteiger partial charge in [-0.05, 0) is 24.0 Å². The third-order valence-corrected chi connectivity index (χ3v) is 4.91. The Morgan fingerprint density at radius 1 is 0.917 bits per heavy atom. The lowest BCUT2D eigenvalue weighted by Gasteiger charge is -2.51. The Labute approximate surface area is 145 Å². The maximum Gasteiger partial charge on any atom is 0.0700 e. The van der Waals surface area contributed by atoms with Gasteiger partial charge in [-0.25, -0.2) is 0 Å². The van der Waals surface area contributed by atoms with E-state index in [9.17, 15) is 0 Å². The Morgan fingerprint density at radius 3 is 2.04 bits per heavy atom. The summed E-state index contributed by atoms with van der Waals surface area (Å²) in [6.45, 7) is 8.05. The molecular formula is C20H30O4. The minimum atomic E-state index is 0.0679. The fraction of sp³-hybridized carbons (Fsp3) is 0.600. The topological polar surface area (TPSA) is 36.9 Å². The van der Waals surface area contributed by atoms with Crippen molar-refractivity contribution in [1.82, 2.24) is 0 Å². The fourth-order valence-corrected chi connectivity index (χ4v) is 3.66. The van der Waals surface area contributed by atoms with Gasteiger partial charge in [0.1, 0.15) is 0 Å². The monoisotopic (exact) mass is 334 g/mol. The number of benzene rings is 1. The zero-order valence-electron chi connectivity index (χ0n) is 15.0. The van der Waals surface area contributed by atoms with Gasteiger partial charge in [0.2, 0.25) is 0 Å². The molecule has 4 heteroatoms. The molecule has 1 aromatic carbocycles. The summed E-state index contributed by atoms with van der Waals surface area (Å²) in [5, 5.41) is 0. The van der Waals surface area contributed by atoms with Crippen LogP contribution in [0.5, 0.6) is 0 Å². The molecule has 1 unspecified atom stereocenters. The van der Waals surface area contributed by atoms with Gasteiger partial charge >= 0.3 is 0 Å². The number of hydrogen-bond donors (Lipinski definition) is 0. The molecule has 134 valence electrons. The smallest absolute Gasteiger partial charge is 0.0700 e. The third-order valence-electron chi connectivity index (χ3n) is 4.91. The number of hydrogen-bond acceptors (Lipinski definition) is 4. The summed E-state index contributed by atoms with van der Waals surface area (Å²) >= 11 is 0. The summed E-state index contributed by atoms with van der Waals surface area (Å²) < 4.78 is 21.6. The predicted octanol–water partition coefficient (Wildman–Crippen LogP) is 3.31. The Balaban J connectivity index is 2.00. The van der Waals surface area contributed by atoms with Crippen LogP contribution in [-0.4, -0.2) is 53.9 Å². The number of methoxy groups -OCH3 is 2. The normalized spacial score (nSPS) is 18.0. The van der Waals surface area contributed by atoms with Crippen molar-refractivity contribution in [2.75, 3.05) is 53.9 Å². The second kappa shape index (κ2) is 9.94. The van der Waals surface area contributed by atoms with Crippen molar-refractivity contribution in [3.8, 4) is 0 Å². The van der Waals surface area contributed by atoms with Crippen LogP contribution in [0, 0.1) is 0 Å². The third kappa shape index (κ3) is 4.25. The summed E-state index contributed by atoms with van der Waals surface area (Å²) in [6, 6.07) is 8.66. The molecule has 0 aromatic heterocycles. The Kier molecular flexibility index (Phi) is 7.92. The minimum Gasteiger partial charge on any atom is -0.382 e. The largest absolute Gasteiger partial charge is 0.382 e. The van der Waals surface area contributed by atoms with E-state index in [1.165, 1.54) is 11.1 Å². The lowest BCUT2D eigenvalue weighted by atomic mass is 9.53. The second-order valence-corrected chi connectivity index (χ2v) is 6.17. The van der Waals surface area contributed by atoms with Crippen LogP contribution in [-0.2, 0) is 24.4 Å². The Morgan fingerprint density at radius 2 is 1.50 bits per heavy atom. The summed E-state index contributed by atoms with van der Waals surface area (Å²) in [7, 11) is 3.39. The van der Waals surface area contributed by atoms with Crippen LogP contribution in [0.25, 0.3) is 0 Å². The molecule has 1 aliphatic rings. The Bertz CT molecular complexity index is 486. The van der Waals surface area contributed by atoms with E-state index in [1.54, 1.807) is 14.2 Å². The molecule has 1 aliphatic carbocycles. The van der Waals surface area contributed by atoms with E-state index >= 15 is 0 Å². The van der Waals surface area contributed by atoms with Gasteiger partial charge in [-0.3, -0.25) is 0 Å². The lowest BCUT2D eigenvalue weighted by molar-refractivity contribution is 0.0367. The van der Waals surface area contributed by atoms with Crippen molar-refractivity contribution < 1.29 is 18.9 Å². The van der Waals surface area contributed by atoms with Crippen LogP contribution in [0.2, 0.25) is 0 Å². The van der Waals surface area contributed by atoms with Gasteiger partial charge in [0.05, 0.1) is 26.4 Å². The first kappa shape index (κ1) is 19.1. The van der Waals surface area contributed by atoms with Crippen molar-refractivity contribution in [3.63, 3.8) is 0 Å². The standard InChI is InChI=1S/C20H30O4/c1-4-18-17-7-5-6-8-19(17)20(18,9-11-23-15-13-21-2)10-12-24-16-14-22-3/h4-8,18H,1,9-16H2,2-3H3. The fourth-order valence-electron chi connectivity index (χ4n) is 3.66. The molecule has 0 spiro atoms. The van der Waals surface area contributed by atoms with Gasteiger partial charge in [0.15, 0.2) is 0 Å². The maximum absolute atomic E-state index is 5.74. The molecular weight excluding hydrogens is 304 g/mol. The van der Waals surface area contributed by atoms with Crippen LogP contribution in [0.4, 0.5) is 0 Å². The maximum atomic E-state index is 5.74. The highest BCUT2D eigenvalue weighted by Gasteiger charge is 2.49. The molecule has 0 saturated heterocycles. The highest BCUT2D eigenvalue weighted by Crippen LogP contribution is 2.56. The number of fused-ring (bicyclic) bond motifs is 1. The second-order valence-electron chi connectivity index (χ2n) is 6.17. The van der Waals surface area contributed by atoms with E-state index in [-0.39, 0.29) is 5.41 Å². The molecule has 1 atom stereocenters. The van der Waals surface area contributed by atoms with E-state index in [4.69, 9.17) is 18.9 Å². The van der Waals surface area contributed by atoms with Crippen molar-refractivity contribution in [1.29, 1.82) is 0 Å². The average Bonchev–Trinajstić information content (AvgIpc) is 2.60. The first-order valence-electron chi connectivity index (χ1n) is 8.65. The first-order chi connectivity index (χ1) is 11.8. The quantitative estimate of drug-likeness (QED) is 0.410. The molecule has 4 nitrogen and oxygen atoms in total. The van der Waals surface area contributed by atoms with Crippen LogP contribution in [0.15, 0.2) is 36.9 Å². The van der Waals surface area contributed by atoms with Crippen LogP contribution in [0.1, 0.15) is 29.9 Å². The van der Waals surface area contributed by atoms with Crippen LogP contribution < -0.4 is 0 Å². The highest BCUT2D eigenvalue weighted by molar-refractivity contribution is 5.52. The molecule has 24 heavy (non-hydrogen) atoms. The van der Waals surface area contributed by atoms with E-state index in [0.29, 0.717) is 32.3 Å². The molecule has 0 fully saturated rings. The van der Waals surface area contributed by atoms with Crippen LogP contribution in [0.3, 0.4) is 0 Å². The molecule has 0 heterocycles. The number of allylic oxidation sites excluding steroid dienone is 1. The van der Waals surface area contributed by atoms with Crippen molar-refractivity contribution in [2.45, 2.75) is 24.2 Å². The van der Waals surface area contributed by atoms with E-state index < -0.39 is 0 Å². The van der Waals surface area contributed by atoms with Gasteiger partial charge in [-0.15, -0.1) is 6.58 Å². The Hall–Kier alpha value is -1.20. The summed E-state index contributed by atoms with van der Waals surface area (Å²) in [4.78, 5) is 0. The number of ether oxygens (including phenoxy) is 4. The van der Waals surface area contributed by atoms with Crippen LogP contribution >= 0.6 is 0 Å². The molecule has 0 amide bonds. The molecule has 0 bridgehead atoms. The van der Waals surface area contributed by atoms with E-state index in [2.05, 4.69) is 36.9 Å². The highest BCUT2D eigenvalue weighted by atomic mass is 16.5. The van der Waals surface area contributed by atoms with Crippen molar-refractivity contribution >= 4 is 0 Å². The van der Waals surface area contributed by atoms with Crippen molar-refractivity contribution in [2.24, 2.45) is 0 Å². The molecule has 0 aliphatic heterocycles. The molecule has 1 aromatic rings. The minimum absolute atomic E-state index is 0.0679. The van der Waals surface area contributed by atoms with Gasteiger partial charge < -0.3 is 18.9 Å². The van der Waals surface area contributed by atoms with Gasteiger partial charge in [-0.1, -0.05) is 30.3 Å². The lowest BCUT2D eigenvalue weighted by Crippen LogP contribution is -2.44. The van der Waals surface area contributed by atoms with Crippen molar-refractivity contribution in [3.05, 3.63) is 48.0 Å². The van der Waals surface area contributed by atoms with Gasteiger partial charge in [-0.2, -0.15) is 0 Å². The van der Waals surface area contributed by atoms with Gasteiger partial charge in [0, 0.05) is 38.8 Å². The summed E-state index contributed by atoms with van der Waals surface area (Å²) in [6.07, 6.45) is 4.02. The summed E-state index contributed by atoms with van der Waals surface area (Å²) in [5.41, 5.74) is 2.88. The van der Waals surface area contributed by atoms with E-state index in [0.717, 1.165) is 26.1 Å². The zero-order chi connectivity index (χ0) is 17.3. The molecule has 2 rings (SSSR count). The first-order valence-corrected chi connectivity index (χ1v) is 8.65.